The van der Waals surface area contributed by atoms with Gasteiger partial charge in [0.25, 0.3) is 11.5 Å². The number of amides is 2. The number of likely N-dealkylation sites (tertiary alicyclic amines) is 1. The van der Waals surface area contributed by atoms with Crippen molar-refractivity contribution in [2.75, 3.05) is 6.54 Å². The number of hydrogen-bond acceptors (Lipinski definition) is 4. The molecule has 146 valence electrons. The van der Waals surface area contributed by atoms with Gasteiger partial charge in [-0.2, -0.15) is 0 Å². The van der Waals surface area contributed by atoms with Gasteiger partial charge in [-0.1, -0.05) is 25.1 Å². The van der Waals surface area contributed by atoms with E-state index in [2.05, 4.69) is 15.3 Å². The van der Waals surface area contributed by atoms with E-state index in [0.29, 0.717) is 29.9 Å². The summed E-state index contributed by atoms with van der Waals surface area (Å²) in [5.74, 6) is 0.383. The van der Waals surface area contributed by atoms with Gasteiger partial charge in [0.1, 0.15) is 5.82 Å². The van der Waals surface area contributed by atoms with Gasteiger partial charge in [-0.3, -0.25) is 14.4 Å². The lowest BCUT2D eigenvalue weighted by atomic mass is 10.0. The number of benzene rings is 1. The number of nitrogens with one attached hydrogen (secondary N) is 2. The Hall–Kier alpha value is -2.96. The van der Waals surface area contributed by atoms with Gasteiger partial charge in [-0.15, -0.1) is 0 Å². The third kappa shape index (κ3) is 3.10. The van der Waals surface area contributed by atoms with Gasteiger partial charge in [0.05, 0.1) is 18.5 Å². The monoisotopic (exact) mass is 380 g/mol. The molecule has 0 spiro atoms. The standard InChI is InChI=1S/C21H24N4O3/c1-3-13-12(2)22-19(24-20(13)27)17-9-6-10-25(17)18(26)11-16-14-7-4-5-8-15(14)21(28)23-16/h4-5,7-8,16-17H,3,6,9-11H2,1-2H3,(H,23,28)(H,22,24,27)/t16-,17-/m1/s1. The second-order valence-corrected chi connectivity index (χ2v) is 7.43. The van der Waals surface area contributed by atoms with Crippen molar-refractivity contribution in [1.29, 1.82) is 0 Å². The first-order valence-corrected chi connectivity index (χ1v) is 9.78. The number of carbonyl (C=O) groups is 2. The molecule has 3 heterocycles. The number of aryl methyl sites for hydroxylation is 1. The number of H-pyrrole nitrogens is 1. The highest BCUT2D eigenvalue weighted by molar-refractivity contribution is 5.99. The van der Waals surface area contributed by atoms with Crippen LogP contribution in [0.2, 0.25) is 0 Å². The SMILES string of the molecule is CCc1c(C)nc([C@H]2CCCN2C(=O)C[C@H]2NC(=O)c3ccccc32)[nH]c1=O. The molecule has 2 aliphatic heterocycles. The maximum absolute atomic E-state index is 13.0. The molecule has 2 aliphatic rings. The van der Waals surface area contributed by atoms with Crippen LogP contribution in [0.15, 0.2) is 29.1 Å². The number of aromatic amines is 1. The first-order chi connectivity index (χ1) is 13.5. The van der Waals surface area contributed by atoms with Crippen molar-refractivity contribution in [3.05, 3.63) is 62.8 Å². The molecule has 1 aromatic heterocycles. The van der Waals surface area contributed by atoms with Gasteiger partial charge >= 0.3 is 0 Å². The van der Waals surface area contributed by atoms with Crippen LogP contribution < -0.4 is 10.9 Å². The zero-order chi connectivity index (χ0) is 19.8. The van der Waals surface area contributed by atoms with Crippen molar-refractivity contribution >= 4 is 11.8 Å². The molecular weight excluding hydrogens is 356 g/mol. The van der Waals surface area contributed by atoms with Crippen LogP contribution >= 0.6 is 0 Å². The van der Waals surface area contributed by atoms with E-state index in [1.165, 1.54) is 0 Å². The van der Waals surface area contributed by atoms with E-state index in [-0.39, 0.29) is 35.9 Å². The minimum absolute atomic E-state index is 0.0376. The molecule has 2 N–H and O–H groups in total. The zero-order valence-electron chi connectivity index (χ0n) is 16.1. The largest absolute Gasteiger partial charge is 0.345 e. The third-order valence-electron chi connectivity index (χ3n) is 5.75. The van der Waals surface area contributed by atoms with Crippen molar-refractivity contribution in [1.82, 2.24) is 20.2 Å². The summed E-state index contributed by atoms with van der Waals surface area (Å²) in [6, 6.07) is 6.83. The van der Waals surface area contributed by atoms with Crippen LogP contribution in [0.5, 0.6) is 0 Å². The van der Waals surface area contributed by atoms with E-state index in [1.807, 2.05) is 32.0 Å². The summed E-state index contributed by atoms with van der Waals surface area (Å²) in [7, 11) is 0. The van der Waals surface area contributed by atoms with Crippen molar-refractivity contribution < 1.29 is 9.59 Å². The molecule has 0 unspecified atom stereocenters. The molecule has 0 aliphatic carbocycles. The lowest BCUT2D eigenvalue weighted by molar-refractivity contribution is -0.132. The maximum atomic E-state index is 13.0. The first-order valence-electron chi connectivity index (χ1n) is 9.78. The zero-order valence-corrected chi connectivity index (χ0v) is 16.1. The van der Waals surface area contributed by atoms with Crippen LogP contribution in [0.25, 0.3) is 0 Å². The average Bonchev–Trinajstić information content (AvgIpc) is 3.27. The Balaban J connectivity index is 1.55. The molecule has 2 atom stereocenters. The number of fused-ring (bicyclic) bond motifs is 1. The predicted octanol–water partition coefficient (Wildman–Crippen LogP) is 2.18. The molecule has 0 radical (unpaired) electrons. The van der Waals surface area contributed by atoms with Gasteiger partial charge in [0, 0.05) is 23.4 Å². The van der Waals surface area contributed by atoms with Gasteiger partial charge in [0.15, 0.2) is 0 Å². The van der Waals surface area contributed by atoms with E-state index >= 15 is 0 Å². The van der Waals surface area contributed by atoms with Crippen molar-refractivity contribution in [2.24, 2.45) is 0 Å². The minimum atomic E-state index is -0.311. The molecular formula is C21H24N4O3. The summed E-state index contributed by atoms with van der Waals surface area (Å²) in [5, 5.41) is 2.90. The van der Waals surface area contributed by atoms with E-state index in [9.17, 15) is 14.4 Å². The number of hydrogen-bond donors (Lipinski definition) is 2. The molecule has 7 heteroatoms. The lowest BCUT2D eigenvalue weighted by Gasteiger charge is -2.26. The summed E-state index contributed by atoms with van der Waals surface area (Å²) in [6.45, 7) is 4.39. The van der Waals surface area contributed by atoms with E-state index in [0.717, 1.165) is 24.1 Å². The smallest absolute Gasteiger partial charge is 0.254 e. The summed E-state index contributed by atoms with van der Waals surface area (Å²) in [4.78, 5) is 46.7. The average molecular weight is 380 g/mol. The Morgan fingerprint density at radius 1 is 1.29 bits per heavy atom. The number of rotatable bonds is 4. The molecule has 0 bridgehead atoms. The summed E-state index contributed by atoms with van der Waals surface area (Å²) in [5.41, 5.74) is 2.78. The van der Waals surface area contributed by atoms with Gasteiger partial charge in [-0.25, -0.2) is 4.98 Å². The van der Waals surface area contributed by atoms with Crippen LogP contribution in [0.1, 0.15) is 71.3 Å². The molecule has 2 aromatic rings. The van der Waals surface area contributed by atoms with Crippen LogP contribution in [0, 0.1) is 6.92 Å². The second kappa shape index (κ2) is 7.22. The maximum Gasteiger partial charge on any atom is 0.254 e. The molecule has 7 nitrogen and oxygen atoms in total. The van der Waals surface area contributed by atoms with Crippen LogP contribution in [0.3, 0.4) is 0 Å². The fourth-order valence-electron chi connectivity index (χ4n) is 4.33. The Kier molecular flexibility index (Phi) is 4.75. The van der Waals surface area contributed by atoms with Crippen molar-refractivity contribution in [3.8, 4) is 0 Å². The lowest BCUT2D eigenvalue weighted by Crippen LogP contribution is -2.35. The molecule has 1 aromatic carbocycles. The molecule has 28 heavy (non-hydrogen) atoms. The first kappa shape index (κ1) is 18.4. The highest BCUT2D eigenvalue weighted by Gasteiger charge is 2.36. The Labute approximate surface area is 163 Å². The van der Waals surface area contributed by atoms with E-state index < -0.39 is 0 Å². The third-order valence-corrected chi connectivity index (χ3v) is 5.75. The summed E-state index contributed by atoms with van der Waals surface area (Å²) in [6.07, 6.45) is 2.47. The molecule has 1 saturated heterocycles. The highest BCUT2D eigenvalue weighted by Crippen LogP contribution is 2.33. The minimum Gasteiger partial charge on any atom is -0.345 e. The van der Waals surface area contributed by atoms with Crippen LogP contribution in [0.4, 0.5) is 0 Å². The normalized spacial score (nSPS) is 20.9. The Morgan fingerprint density at radius 3 is 2.82 bits per heavy atom. The van der Waals surface area contributed by atoms with Crippen LogP contribution in [-0.4, -0.2) is 33.2 Å². The molecule has 0 saturated carbocycles. The van der Waals surface area contributed by atoms with Gasteiger partial charge < -0.3 is 15.2 Å². The quantitative estimate of drug-likeness (QED) is 0.850. The highest BCUT2D eigenvalue weighted by atomic mass is 16.2. The summed E-state index contributed by atoms with van der Waals surface area (Å²) >= 11 is 0. The summed E-state index contributed by atoms with van der Waals surface area (Å²) < 4.78 is 0. The fourth-order valence-corrected chi connectivity index (χ4v) is 4.33. The molecule has 2 amide bonds. The second-order valence-electron chi connectivity index (χ2n) is 7.43. The van der Waals surface area contributed by atoms with Crippen molar-refractivity contribution in [2.45, 2.75) is 51.6 Å². The molecule has 4 rings (SSSR count). The number of carbonyl (C=O) groups excluding carboxylic acids is 2. The number of aromatic nitrogens is 2. The van der Waals surface area contributed by atoms with Crippen LogP contribution in [-0.2, 0) is 11.2 Å². The van der Waals surface area contributed by atoms with Crippen molar-refractivity contribution in [3.63, 3.8) is 0 Å². The topological polar surface area (TPSA) is 95.2 Å². The van der Waals surface area contributed by atoms with Gasteiger partial charge in [-0.05, 0) is 37.8 Å². The number of nitrogens with zero attached hydrogens (tertiary/aromatic N) is 2. The van der Waals surface area contributed by atoms with E-state index in [4.69, 9.17) is 0 Å². The van der Waals surface area contributed by atoms with Gasteiger partial charge in [0.2, 0.25) is 5.91 Å². The molecule has 1 fully saturated rings. The Morgan fingerprint density at radius 2 is 2.07 bits per heavy atom. The fraction of sp³-hybridized carbons (Fsp3) is 0.429. The Bertz CT molecular complexity index is 997. The van der Waals surface area contributed by atoms with E-state index in [1.54, 1.807) is 11.0 Å². The predicted molar refractivity (Wildman–Crippen MR) is 104 cm³/mol.